The normalized spacial score (nSPS) is 10.9. The monoisotopic (exact) mass is 274 g/mol. The molecule has 0 aliphatic heterocycles. The number of carboxylic acids is 1. The van der Waals surface area contributed by atoms with Gasteiger partial charge in [0.05, 0.1) is 0 Å². The molecule has 0 heterocycles. The zero-order valence-electron chi connectivity index (χ0n) is 12.0. The van der Waals surface area contributed by atoms with E-state index >= 15 is 0 Å². The van der Waals surface area contributed by atoms with Crippen LogP contribution >= 0.6 is 0 Å². The summed E-state index contributed by atoms with van der Waals surface area (Å²) >= 11 is 0. The zero-order valence-corrected chi connectivity index (χ0v) is 12.0. The van der Waals surface area contributed by atoms with Crippen LogP contribution in [0.25, 0.3) is 0 Å². The van der Waals surface area contributed by atoms with Crippen LogP contribution in [0.5, 0.6) is 0 Å². The summed E-state index contributed by atoms with van der Waals surface area (Å²) in [6.07, 6.45) is 3.80. The number of ketones is 1. The predicted molar refractivity (Wildman–Crippen MR) is 72.0 cm³/mol. The second kappa shape index (κ2) is 12.1. The lowest BCUT2D eigenvalue weighted by Gasteiger charge is -2.18. The SMILES string of the molecule is CCCCOC(CCC(=O)CC(=O)O)OCCCC. The summed E-state index contributed by atoms with van der Waals surface area (Å²) < 4.78 is 11.1. The molecule has 0 aromatic rings. The Labute approximate surface area is 115 Å². The maximum absolute atomic E-state index is 11.3. The van der Waals surface area contributed by atoms with Gasteiger partial charge in [-0.1, -0.05) is 26.7 Å². The standard InChI is InChI=1S/C14H26O5/c1-3-5-9-18-14(19-10-6-4-2)8-7-12(15)11-13(16)17/h14H,3-11H2,1-2H3,(H,16,17). The maximum atomic E-state index is 11.3. The first-order valence-corrected chi connectivity index (χ1v) is 7.06. The van der Waals surface area contributed by atoms with E-state index in [1.165, 1.54) is 0 Å². The van der Waals surface area contributed by atoms with E-state index in [1.807, 2.05) is 0 Å². The molecular weight excluding hydrogens is 248 g/mol. The highest BCUT2D eigenvalue weighted by molar-refractivity contribution is 5.94. The molecule has 0 bridgehead atoms. The number of rotatable bonds is 13. The summed E-state index contributed by atoms with van der Waals surface area (Å²) in [5.74, 6) is -1.36. The second-order valence-electron chi connectivity index (χ2n) is 4.53. The molecule has 5 nitrogen and oxygen atoms in total. The van der Waals surface area contributed by atoms with Crippen molar-refractivity contribution in [1.82, 2.24) is 0 Å². The fourth-order valence-electron chi connectivity index (χ4n) is 1.47. The summed E-state index contributed by atoms with van der Waals surface area (Å²) in [4.78, 5) is 21.7. The van der Waals surface area contributed by atoms with E-state index in [4.69, 9.17) is 14.6 Å². The van der Waals surface area contributed by atoms with Crippen LogP contribution in [0.4, 0.5) is 0 Å². The second-order valence-corrected chi connectivity index (χ2v) is 4.53. The third kappa shape index (κ3) is 11.9. The average molecular weight is 274 g/mol. The Bertz CT molecular complexity index is 242. The molecular formula is C14H26O5. The first kappa shape index (κ1) is 18.1. The van der Waals surface area contributed by atoms with Gasteiger partial charge in [0.2, 0.25) is 0 Å². The van der Waals surface area contributed by atoms with E-state index in [0.29, 0.717) is 19.6 Å². The van der Waals surface area contributed by atoms with Gasteiger partial charge in [-0.05, 0) is 12.8 Å². The van der Waals surface area contributed by atoms with Crippen molar-refractivity contribution >= 4 is 11.8 Å². The van der Waals surface area contributed by atoms with Gasteiger partial charge in [0, 0.05) is 26.1 Å². The summed E-state index contributed by atoms with van der Waals surface area (Å²) in [5.41, 5.74) is 0. The predicted octanol–water partition coefficient (Wildman–Crippen LogP) is 2.77. The fraction of sp³-hybridized carbons (Fsp3) is 0.857. The smallest absolute Gasteiger partial charge is 0.310 e. The van der Waals surface area contributed by atoms with Gasteiger partial charge in [0.1, 0.15) is 12.2 Å². The van der Waals surface area contributed by atoms with E-state index in [2.05, 4.69) is 13.8 Å². The minimum atomic E-state index is -1.08. The molecule has 19 heavy (non-hydrogen) atoms. The van der Waals surface area contributed by atoms with Gasteiger partial charge < -0.3 is 14.6 Å². The van der Waals surface area contributed by atoms with E-state index in [0.717, 1.165) is 25.7 Å². The van der Waals surface area contributed by atoms with E-state index in [1.54, 1.807) is 0 Å². The lowest BCUT2D eigenvalue weighted by molar-refractivity contribution is -0.152. The number of aliphatic carboxylic acids is 1. The molecule has 0 aromatic heterocycles. The Kier molecular flexibility index (Phi) is 11.5. The number of carbonyl (C=O) groups is 2. The van der Waals surface area contributed by atoms with Crippen molar-refractivity contribution in [3.63, 3.8) is 0 Å². The molecule has 0 rings (SSSR count). The van der Waals surface area contributed by atoms with Crippen LogP contribution in [0, 0.1) is 0 Å². The molecule has 0 amide bonds. The molecule has 0 unspecified atom stereocenters. The number of carbonyl (C=O) groups excluding carboxylic acids is 1. The number of carboxylic acid groups (broad SMARTS) is 1. The van der Waals surface area contributed by atoms with Gasteiger partial charge in [0.15, 0.2) is 6.29 Å². The van der Waals surface area contributed by atoms with Crippen LogP contribution in [0.2, 0.25) is 0 Å². The van der Waals surface area contributed by atoms with Gasteiger partial charge in [-0.15, -0.1) is 0 Å². The summed E-state index contributed by atoms with van der Waals surface area (Å²) in [5, 5.41) is 8.51. The summed E-state index contributed by atoms with van der Waals surface area (Å²) in [7, 11) is 0. The first-order valence-electron chi connectivity index (χ1n) is 7.06. The van der Waals surface area contributed by atoms with Crippen molar-refractivity contribution in [2.75, 3.05) is 13.2 Å². The van der Waals surface area contributed by atoms with Crippen LogP contribution in [0.3, 0.4) is 0 Å². The quantitative estimate of drug-likeness (QED) is 0.317. The molecule has 5 heteroatoms. The van der Waals surface area contributed by atoms with Crippen LogP contribution in [0.15, 0.2) is 0 Å². The van der Waals surface area contributed by atoms with Gasteiger partial charge in [-0.2, -0.15) is 0 Å². The highest BCUT2D eigenvalue weighted by Gasteiger charge is 2.14. The Hall–Kier alpha value is -0.940. The first-order chi connectivity index (χ1) is 9.10. The third-order valence-corrected chi connectivity index (χ3v) is 2.61. The number of unbranched alkanes of at least 4 members (excludes halogenated alkanes) is 2. The molecule has 0 aliphatic rings. The minimum absolute atomic E-state index is 0.190. The molecule has 0 aliphatic carbocycles. The Morgan fingerprint density at radius 3 is 2.00 bits per heavy atom. The summed E-state index contributed by atoms with van der Waals surface area (Å²) in [6.45, 7) is 5.38. The Morgan fingerprint density at radius 1 is 1.05 bits per heavy atom. The maximum Gasteiger partial charge on any atom is 0.310 e. The lowest BCUT2D eigenvalue weighted by atomic mass is 10.1. The number of ether oxygens (including phenoxy) is 2. The van der Waals surface area contributed by atoms with E-state index in [9.17, 15) is 9.59 Å². The van der Waals surface area contributed by atoms with Crippen LogP contribution in [-0.2, 0) is 19.1 Å². The lowest BCUT2D eigenvalue weighted by Crippen LogP contribution is -2.20. The number of hydrogen-bond acceptors (Lipinski definition) is 4. The van der Waals surface area contributed by atoms with Crippen LogP contribution in [0.1, 0.15) is 58.8 Å². The highest BCUT2D eigenvalue weighted by atomic mass is 16.7. The van der Waals surface area contributed by atoms with Crippen molar-refractivity contribution in [3.8, 4) is 0 Å². The number of hydrogen-bond donors (Lipinski definition) is 1. The van der Waals surface area contributed by atoms with Gasteiger partial charge in [-0.25, -0.2) is 0 Å². The van der Waals surface area contributed by atoms with Crippen LogP contribution < -0.4 is 0 Å². The molecule has 0 saturated heterocycles. The fourth-order valence-corrected chi connectivity index (χ4v) is 1.47. The summed E-state index contributed by atoms with van der Waals surface area (Å²) in [6, 6.07) is 0. The Morgan fingerprint density at radius 2 is 1.58 bits per heavy atom. The molecule has 0 saturated carbocycles. The Balaban J connectivity index is 3.94. The van der Waals surface area contributed by atoms with Gasteiger partial charge in [-0.3, -0.25) is 9.59 Å². The third-order valence-electron chi connectivity index (χ3n) is 2.61. The van der Waals surface area contributed by atoms with Crippen molar-refractivity contribution < 1.29 is 24.2 Å². The minimum Gasteiger partial charge on any atom is -0.481 e. The molecule has 112 valence electrons. The van der Waals surface area contributed by atoms with Gasteiger partial charge in [0.25, 0.3) is 0 Å². The largest absolute Gasteiger partial charge is 0.481 e. The molecule has 0 atom stereocenters. The van der Waals surface area contributed by atoms with Crippen molar-refractivity contribution in [2.24, 2.45) is 0 Å². The highest BCUT2D eigenvalue weighted by Crippen LogP contribution is 2.08. The molecule has 0 fully saturated rings. The molecule has 0 aromatic carbocycles. The van der Waals surface area contributed by atoms with Gasteiger partial charge >= 0.3 is 5.97 Å². The molecule has 0 radical (unpaired) electrons. The molecule has 1 N–H and O–H groups in total. The average Bonchev–Trinajstić information content (AvgIpc) is 2.35. The van der Waals surface area contributed by atoms with Crippen molar-refractivity contribution in [1.29, 1.82) is 0 Å². The van der Waals surface area contributed by atoms with E-state index < -0.39 is 18.7 Å². The van der Waals surface area contributed by atoms with E-state index in [-0.39, 0.29) is 12.2 Å². The van der Waals surface area contributed by atoms with Crippen molar-refractivity contribution in [2.45, 2.75) is 65.1 Å². The van der Waals surface area contributed by atoms with Crippen LogP contribution in [-0.4, -0.2) is 36.4 Å². The number of Topliss-reactive ketones (excluding diaryl/α,β-unsaturated/α-hetero) is 1. The zero-order chi connectivity index (χ0) is 14.5. The topological polar surface area (TPSA) is 72.8 Å². The molecule has 0 spiro atoms. The van der Waals surface area contributed by atoms with Crippen molar-refractivity contribution in [3.05, 3.63) is 0 Å².